The van der Waals surface area contributed by atoms with Crippen molar-refractivity contribution in [2.75, 3.05) is 19.7 Å². The number of rotatable bonds is 3. The summed E-state index contributed by atoms with van der Waals surface area (Å²) in [5.41, 5.74) is -0.345. The van der Waals surface area contributed by atoms with E-state index < -0.39 is 23.4 Å². The van der Waals surface area contributed by atoms with Crippen molar-refractivity contribution in [3.8, 4) is 5.75 Å². The molecule has 6 heteroatoms. The zero-order valence-electron chi connectivity index (χ0n) is 11.8. The number of phenolic OH excluding ortho intramolecular Hbond substituents is 1. The van der Waals surface area contributed by atoms with Crippen LogP contribution in [0.15, 0.2) is 18.2 Å². The zero-order valence-corrected chi connectivity index (χ0v) is 11.8. The number of hydrogen-bond donors (Lipinski definition) is 1. The van der Waals surface area contributed by atoms with Gasteiger partial charge in [0.2, 0.25) is 0 Å². The second-order valence-electron chi connectivity index (χ2n) is 4.98. The minimum Gasteiger partial charge on any atom is -0.507 e. The normalized spacial score (nSPS) is 18.4. The van der Waals surface area contributed by atoms with Gasteiger partial charge >= 0.3 is 5.97 Å². The van der Waals surface area contributed by atoms with Crippen LogP contribution in [0.1, 0.15) is 30.1 Å². The van der Waals surface area contributed by atoms with E-state index in [4.69, 9.17) is 4.74 Å². The van der Waals surface area contributed by atoms with Crippen molar-refractivity contribution in [1.82, 2.24) is 4.90 Å². The van der Waals surface area contributed by atoms with Crippen LogP contribution in [-0.4, -0.2) is 41.6 Å². The second-order valence-corrected chi connectivity index (χ2v) is 4.98. The summed E-state index contributed by atoms with van der Waals surface area (Å²) in [6.07, 6.45) is 1.29. The highest BCUT2D eigenvalue weighted by molar-refractivity contribution is 5.97. The van der Waals surface area contributed by atoms with Crippen molar-refractivity contribution in [3.05, 3.63) is 29.6 Å². The monoisotopic (exact) mass is 295 g/mol. The van der Waals surface area contributed by atoms with Crippen LogP contribution >= 0.6 is 0 Å². The van der Waals surface area contributed by atoms with E-state index >= 15 is 0 Å². The van der Waals surface area contributed by atoms with E-state index in [0.717, 1.165) is 6.07 Å². The molecule has 1 fully saturated rings. The average molecular weight is 295 g/mol. The van der Waals surface area contributed by atoms with E-state index in [1.807, 2.05) is 0 Å². The number of amides is 1. The molecule has 1 aliphatic rings. The van der Waals surface area contributed by atoms with Gasteiger partial charge in [-0.05, 0) is 31.9 Å². The first kappa shape index (κ1) is 15.3. The van der Waals surface area contributed by atoms with Gasteiger partial charge in [-0.15, -0.1) is 0 Å². The Morgan fingerprint density at radius 1 is 1.48 bits per heavy atom. The number of piperidine rings is 1. The maximum absolute atomic E-state index is 13.7. The van der Waals surface area contributed by atoms with Crippen LogP contribution in [0.25, 0.3) is 0 Å². The van der Waals surface area contributed by atoms with Gasteiger partial charge in [0, 0.05) is 13.1 Å². The van der Waals surface area contributed by atoms with Gasteiger partial charge in [0.1, 0.15) is 17.1 Å². The fraction of sp³-hybridized carbons (Fsp3) is 0.467. The maximum Gasteiger partial charge on any atom is 0.310 e. The molecule has 0 aromatic heterocycles. The highest BCUT2D eigenvalue weighted by Gasteiger charge is 2.31. The molecule has 2 rings (SSSR count). The molecular weight excluding hydrogens is 277 g/mol. The van der Waals surface area contributed by atoms with E-state index in [1.54, 1.807) is 6.92 Å². The number of halogens is 1. The molecule has 1 N–H and O–H groups in total. The average Bonchev–Trinajstić information content (AvgIpc) is 2.47. The largest absolute Gasteiger partial charge is 0.507 e. The lowest BCUT2D eigenvalue weighted by molar-refractivity contribution is -0.149. The predicted octanol–water partition coefficient (Wildman–Crippen LogP) is 1.95. The highest BCUT2D eigenvalue weighted by atomic mass is 19.1. The van der Waals surface area contributed by atoms with Crippen LogP contribution in [0, 0.1) is 11.7 Å². The van der Waals surface area contributed by atoms with Gasteiger partial charge in [-0.25, -0.2) is 4.39 Å². The number of ether oxygens (including phenoxy) is 1. The third-order valence-corrected chi connectivity index (χ3v) is 3.53. The molecule has 0 spiro atoms. The predicted molar refractivity (Wildman–Crippen MR) is 73.3 cm³/mol. The van der Waals surface area contributed by atoms with Crippen molar-refractivity contribution in [3.63, 3.8) is 0 Å². The summed E-state index contributed by atoms with van der Waals surface area (Å²) >= 11 is 0. The number of benzene rings is 1. The lowest BCUT2D eigenvalue weighted by Crippen LogP contribution is -2.43. The maximum atomic E-state index is 13.7. The van der Waals surface area contributed by atoms with Gasteiger partial charge in [0.05, 0.1) is 12.5 Å². The van der Waals surface area contributed by atoms with E-state index in [2.05, 4.69) is 0 Å². The van der Waals surface area contributed by atoms with Crippen molar-refractivity contribution >= 4 is 11.9 Å². The molecule has 5 nitrogen and oxygen atoms in total. The van der Waals surface area contributed by atoms with Gasteiger partial charge in [-0.1, -0.05) is 6.07 Å². The lowest BCUT2D eigenvalue weighted by Gasteiger charge is -2.31. The molecule has 0 saturated carbocycles. The SMILES string of the molecule is CCOC(=O)C1CCCN(C(=O)c2c(O)cccc2F)C1. The molecule has 1 amide bonds. The van der Waals surface area contributed by atoms with Crippen LogP contribution in [0.2, 0.25) is 0 Å². The van der Waals surface area contributed by atoms with Crippen molar-refractivity contribution < 1.29 is 23.8 Å². The highest BCUT2D eigenvalue weighted by Crippen LogP contribution is 2.25. The number of likely N-dealkylation sites (tertiary alicyclic amines) is 1. The summed E-state index contributed by atoms with van der Waals surface area (Å²) < 4.78 is 18.7. The molecule has 1 saturated heterocycles. The molecule has 1 atom stereocenters. The topological polar surface area (TPSA) is 66.8 Å². The standard InChI is InChI=1S/C15H18FNO4/c1-2-21-15(20)10-5-4-8-17(9-10)14(19)13-11(16)6-3-7-12(13)18/h3,6-7,10,18H,2,4-5,8-9H2,1H3. The summed E-state index contributed by atoms with van der Waals surface area (Å²) in [7, 11) is 0. The first-order valence-electron chi connectivity index (χ1n) is 6.98. The van der Waals surface area contributed by atoms with E-state index in [0.29, 0.717) is 19.4 Å². The Morgan fingerprint density at radius 3 is 2.90 bits per heavy atom. The summed E-state index contributed by atoms with van der Waals surface area (Å²) in [6, 6.07) is 3.72. The molecule has 0 bridgehead atoms. The zero-order chi connectivity index (χ0) is 15.4. The summed E-state index contributed by atoms with van der Waals surface area (Å²) in [6.45, 7) is 2.63. The number of phenols is 1. The Morgan fingerprint density at radius 2 is 2.24 bits per heavy atom. The van der Waals surface area contributed by atoms with Gasteiger partial charge in [0.25, 0.3) is 5.91 Å². The van der Waals surface area contributed by atoms with Crippen LogP contribution in [-0.2, 0) is 9.53 Å². The molecule has 1 heterocycles. The van der Waals surface area contributed by atoms with Gasteiger partial charge < -0.3 is 14.7 Å². The Kier molecular flexibility index (Phi) is 4.77. The smallest absolute Gasteiger partial charge is 0.310 e. The fourth-order valence-electron chi connectivity index (χ4n) is 2.50. The summed E-state index contributed by atoms with van der Waals surface area (Å²) in [4.78, 5) is 25.5. The minimum absolute atomic E-state index is 0.186. The number of carbonyl (C=O) groups is 2. The van der Waals surface area contributed by atoms with Crippen molar-refractivity contribution in [1.29, 1.82) is 0 Å². The van der Waals surface area contributed by atoms with Gasteiger partial charge in [-0.3, -0.25) is 9.59 Å². The number of carbonyl (C=O) groups excluding carboxylic acids is 2. The molecule has 1 unspecified atom stereocenters. The third kappa shape index (κ3) is 3.32. The summed E-state index contributed by atoms with van der Waals surface area (Å²) in [5, 5.41) is 9.67. The van der Waals surface area contributed by atoms with Gasteiger partial charge in [-0.2, -0.15) is 0 Å². The number of esters is 1. The lowest BCUT2D eigenvalue weighted by atomic mass is 9.97. The van der Waals surface area contributed by atoms with Crippen LogP contribution < -0.4 is 0 Å². The fourth-order valence-corrected chi connectivity index (χ4v) is 2.50. The molecule has 114 valence electrons. The molecule has 0 aliphatic carbocycles. The number of nitrogens with zero attached hydrogens (tertiary/aromatic N) is 1. The molecule has 1 aromatic rings. The number of aromatic hydroxyl groups is 1. The van der Waals surface area contributed by atoms with Crippen LogP contribution in [0.3, 0.4) is 0 Å². The van der Waals surface area contributed by atoms with E-state index in [1.165, 1.54) is 17.0 Å². The quantitative estimate of drug-likeness (QED) is 0.865. The Hall–Kier alpha value is -2.11. The first-order valence-corrected chi connectivity index (χ1v) is 6.98. The Balaban J connectivity index is 2.14. The van der Waals surface area contributed by atoms with Gasteiger partial charge in [0.15, 0.2) is 0 Å². The van der Waals surface area contributed by atoms with Crippen molar-refractivity contribution in [2.45, 2.75) is 19.8 Å². The van der Waals surface area contributed by atoms with Crippen LogP contribution in [0.5, 0.6) is 5.75 Å². The third-order valence-electron chi connectivity index (χ3n) is 3.53. The minimum atomic E-state index is -0.766. The Labute approximate surface area is 122 Å². The van der Waals surface area contributed by atoms with E-state index in [9.17, 15) is 19.1 Å². The Bertz CT molecular complexity index is 526. The van der Waals surface area contributed by atoms with E-state index in [-0.39, 0.29) is 24.7 Å². The second kappa shape index (κ2) is 6.56. The molecule has 0 radical (unpaired) electrons. The molecule has 1 aromatic carbocycles. The molecule has 1 aliphatic heterocycles. The van der Waals surface area contributed by atoms with Crippen LogP contribution in [0.4, 0.5) is 4.39 Å². The first-order chi connectivity index (χ1) is 10.0. The molecular formula is C15H18FNO4. The number of hydrogen-bond acceptors (Lipinski definition) is 4. The van der Waals surface area contributed by atoms with Crippen molar-refractivity contribution in [2.24, 2.45) is 5.92 Å². The molecule has 21 heavy (non-hydrogen) atoms. The summed E-state index contributed by atoms with van der Waals surface area (Å²) in [5.74, 6) is -2.49.